The minimum absolute atomic E-state index is 0.0648. The summed E-state index contributed by atoms with van der Waals surface area (Å²) in [6.45, 7) is 3.28. The van der Waals surface area contributed by atoms with Gasteiger partial charge in [-0.15, -0.1) is 0 Å². The van der Waals surface area contributed by atoms with Gasteiger partial charge >= 0.3 is 0 Å². The zero-order valence-corrected chi connectivity index (χ0v) is 6.28. The number of rotatable bonds is 4. The summed E-state index contributed by atoms with van der Waals surface area (Å²) in [5.74, 6) is -0.180. The quantitative estimate of drug-likeness (QED) is 0.355. The number of halogens is 1. The second-order valence-electron chi connectivity index (χ2n) is 1.28. The molecule has 0 atom stereocenters. The van der Waals surface area contributed by atoms with Crippen molar-refractivity contribution in [2.45, 2.75) is 0 Å². The van der Waals surface area contributed by atoms with Crippen LogP contribution in [0.4, 0.5) is 0 Å². The molecule has 0 amide bonds. The molecule has 0 aromatic carbocycles. The molecule has 0 spiro atoms. The lowest BCUT2D eigenvalue weighted by molar-refractivity contribution is 0.272. The van der Waals surface area contributed by atoms with Crippen LogP contribution in [0.15, 0.2) is 12.8 Å². The molecular weight excluding hydrogens is 164 g/mol. The van der Waals surface area contributed by atoms with Crippen LogP contribution in [0.2, 0.25) is 0 Å². The average Bonchev–Trinajstić information content (AvgIpc) is 1.63. The lowest BCUT2D eigenvalue weighted by atomic mass is 10.8. The van der Waals surface area contributed by atoms with E-state index in [1.54, 1.807) is 0 Å². The molecule has 3 nitrogen and oxygen atoms in total. The van der Waals surface area contributed by atoms with Crippen LogP contribution in [0.25, 0.3) is 0 Å². The summed E-state index contributed by atoms with van der Waals surface area (Å²) in [5.41, 5.74) is 0. The van der Waals surface area contributed by atoms with Gasteiger partial charge in [0.15, 0.2) is 0 Å². The highest BCUT2D eigenvalue weighted by atomic mass is 35.7. The molecular formula is C4H7ClO3S. The van der Waals surface area contributed by atoms with E-state index in [2.05, 4.69) is 11.3 Å². The summed E-state index contributed by atoms with van der Waals surface area (Å²) in [6.07, 6.45) is 1.17. The van der Waals surface area contributed by atoms with E-state index in [9.17, 15) is 8.42 Å². The molecule has 0 aliphatic rings. The fourth-order valence-corrected chi connectivity index (χ4v) is 0.715. The van der Waals surface area contributed by atoms with E-state index < -0.39 is 9.05 Å². The predicted octanol–water partition coefficient (Wildman–Crippen LogP) is 0.715. The Hall–Kier alpha value is -0.220. The van der Waals surface area contributed by atoms with Gasteiger partial charge in [-0.25, -0.2) is 8.42 Å². The van der Waals surface area contributed by atoms with Crippen LogP contribution in [-0.4, -0.2) is 20.8 Å². The second-order valence-corrected chi connectivity index (χ2v) is 4.18. The Morgan fingerprint density at radius 3 is 2.56 bits per heavy atom. The Kier molecular flexibility index (Phi) is 3.65. The molecule has 0 aromatic rings. The molecule has 0 radical (unpaired) electrons. The standard InChI is InChI=1S/C4H7ClO3S/c1-2-8-3-4-9(5,6)7/h2H,1,3-4H2. The first kappa shape index (κ1) is 8.78. The molecule has 0 rings (SSSR count). The SMILES string of the molecule is C=COCCS(=O)(=O)Cl. The van der Waals surface area contributed by atoms with Crippen molar-refractivity contribution in [3.05, 3.63) is 12.8 Å². The largest absolute Gasteiger partial charge is 0.501 e. The van der Waals surface area contributed by atoms with Gasteiger partial charge in [-0.2, -0.15) is 0 Å². The molecule has 54 valence electrons. The van der Waals surface area contributed by atoms with E-state index >= 15 is 0 Å². The first-order valence-electron chi connectivity index (χ1n) is 2.21. The third kappa shape index (κ3) is 7.78. The van der Waals surface area contributed by atoms with Crippen LogP contribution in [0.3, 0.4) is 0 Å². The van der Waals surface area contributed by atoms with Crippen molar-refractivity contribution in [2.24, 2.45) is 0 Å². The van der Waals surface area contributed by atoms with Gasteiger partial charge in [-0.05, 0) is 0 Å². The first-order chi connectivity index (χ1) is 4.06. The fourth-order valence-electron chi connectivity index (χ4n) is 0.231. The molecule has 0 saturated heterocycles. The summed E-state index contributed by atoms with van der Waals surface area (Å²) in [7, 11) is 1.43. The van der Waals surface area contributed by atoms with Crippen molar-refractivity contribution in [2.75, 3.05) is 12.4 Å². The van der Waals surface area contributed by atoms with Crippen LogP contribution in [-0.2, 0) is 13.8 Å². The van der Waals surface area contributed by atoms with Gasteiger partial charge in [0.25, 0.3) is 0 Å². The lowest BCUT2D eigenvalue weighted by Gasteiger charge is -1.94. The number of hydrogen-bond donors (Lipinski definition) is 0. The van der Waals surface area contributed by atoms with Crippen LogP contribution in [0.1, 0.15) is 0 Å². The first-order valence-corrected chi connectivity index (χ1v) is 4.69. The van der Waals surface area contributed by atoms with E-state index in [4.69, 9.17) is 10.7 Å². The van der Waals surface area contributed by atoms with Gasteiger partial charge in [-0.3, -0.25) is 0 Å². The van der Waals surface area contributed by atoms with Crippen molar-refractivity contribution in [3.63, 3.8) is 0 Å². The van der Waals surface area contributed by atoms with Gasteiger partial charge in [0, 0.05) is 10.7 Å². The molecule has 0 N–H and O–H groups in total. The topological polar surface area (TPSA) is 43.4 Å². The van der Waals surface area contributed by atoms with Crippen molar-refractivity contribution >= 4 is 19.7 Å². The Balaban J connectivity index is 3.40. The zero-order chi connectivity index (χ0) is 7.33. The maximum Gasteiger partial charge on any atom is 0.235 e. The Bertz CT molecular complexity index is 172. The van der Waals surface area contributed by atoms with Gasteiger partial charge in [-0.1, -0.05) is 6.58 Å². The van der Waals surface area contributed by atoms with Gasteiger partial charge < -0.3 is 4.74 Å². The van der Waals surface area contributed by atoms with Crippen molar-refractivity contribution in [3.8, 4) is 0 Å². The van der Waals surface area contributed by atoms with E-state index in [1.165, 1.54) is 6.26 Å². The molecule has 0 aliphatic heterocycles. The average molecular weight is 171 g/mol. The van der Waals surface area contributed by atoms with Gasteiger partial charge in [0.2, 0.25) is 9.05 Å². The molecule has 5 heteroatoms. The second kappa shape index (κ2) is 3.74. The molecule has 0 aromatic heterocycles. The zero-order valence-electron chi connectivity index (χ0n) is 4.71. The highest BCUT2D eigenvalue weighted by Gasteiger charge is 2.02. The van der Waals surface area contributed by atoms with E-state index in [-0.39, 0.29) is 12.4 Å². The molecule has 0 unspecified atom stereocenters. The Labute approximate surface area is 58.7 Å². The molecule has 0 fully saturated rings. The molecule has 9 heavy (non-hydrogen) atoms. The van der Waals surface area contributed by atoms with E-state index in [0.717, 1.165) is 0 Å². The highest BCUT2D eigenvalue weighted by Crippen LogP contribution is 1.94. The van der Waals surface area contributed by atoms with Crippen molar-refractivity contribution in [1.29, 1.82) is 0 Å². The van der Waals surface area contributed by atoms with Crippen molar-refractivity contribution in [1.82, 2.24) is 0 Å². The summed E-state index contributed by atoms with van der Waals surface area (Å²) in [5, 5.41) is 0. The highest BCUT2D eigenvalue weighted by molar-refractivity contribution is 8.13. The molecule has 0 aliphatic carbocycles. The monoisotopic (exact) mass is 170 g/mol. The number of ether oxygens (including phenoxy) is 1. The smallest absolute Gasteiger partial charge is 0.235 e. The van der Waals surface area contributed by atoms with Crippen molar-refractivity contribution < 1.29 is 13.2 Å². The summed E-state index contributed by atoms with van der Waals surface area (Å²) in [6, 6.07) is 0. The summed E-state index contributed by atoms with van der Waals surface area (Å²) in [4.78, 5) is 0. The van der Waals surface area contributed by atoms with Gasteiger partial charge in [0.1, 0.15) is 6.61 Å². The summed E-state index contributed by atoms with van der Waals surface area (Å²) < 4.78 is 24.8. The van der Waals surface area contributed by atoms with Gasteiger partial charge in [0.05, 0.1) is 12.0 Å². The third-order valence-electron chi connectivity index (χ3n) is 0.563. The third-order valence-corrected chi connectivity index (χ3v) is 1.68. The number of hydrogen-bond acceptors (Lipinski definition) is 3. The normalized spacial score (nSPS) is 10.8. The van der Waals surface area contributed by atoms with Crippen LogP contribution < -0.4 is 0 Å². The minimum atomic E-state index is -3.40. The summed E-state index contributed by atoms with van der Waals surface area (Å²) >= 11 is 0. The van der Waals surface area contributed by atoms with Crippen LogP contribution in [0.5, 0.6) is 0 Å². The fraction of sp³-hybridized carbons (Fsp3) is 0.500. The van der Waals surface area contributed by atoms with Crippen LogP contribution in [0, 0.1) is 0 Å². The molecule has 0 saturated carbocycles. The predicted molar refractivity (Wildman–Crippen MR) is 35.8 cm³/mol. The van der Waals surface area contributed by atoms with Crippen LogP contribution >= 0.6 is 10.7 Å². The molecule has 0 bridgehead atoms. The van der Waals surface area contributed by atoms with E-state index in [0.29, 0.717) is 0 Å². The minimum Gasteiger partial charge on any atom is -0.501 e. The van der Waals surface area contributed by atoms with E-state index in [1.807, 2.05) is 0 Å². The molecule has 0 heterocycles. The maximum atomic E-state index is 10.2. The Morgan fingerprint density at radius 2 is 2.22 bits per heavy atom. The maximum absolute atomic E-state index is 10.2. The lowest BCUT2D eigenvalue weighted by Crippen LogP contribution is -2.03. The Morgan fingerprint density at radius 1 is 1.67 bits per heavy atom.